The van der Waals surface area contributed by atoms with E-state index in [2.05, 4.69) is 15.5 Å². The molecule has 0 bridgehead atoms. The number of nitro groups is 2. The Bertz CT molecular complexity index is 1180. The van der Waals surface area contributed by atoms with Crippen LogP contribution in [0, 0.1) is 41.0 Å². The Kier molecular flexibility index (Phi) is 6.02. The molecule has 0 radical (unpaired) electrons. The van der Waals surface area contributed by atoms with Crippen molar-refractivity contribution in [1.29, 1.82) is 0 Å². The number of benzene rings is 1. The number of rotatable bonds is 7. The van der Waals surface area contributed by atoms with Gasteiger partial charge in [-0.05, 0) is 43.4 Å². The molecule has 13 heteroatoms. The van der Waals surface area contributed by atoms with Gasteiger partial charge in [-0.3, -0.25) is 19.6 Å². The van der Waals surface area contributed by atoms with E-state index in [9.17, 15) is 25.0 Å². The molecule has 1 N–H and O–H groups in total. The molecule has 2 heterocycles. The number of carbonyl (C=O) groups is 1. The molecule has 0 aliphatic carbocycles. The normalized spacial score (nSPS) is 10.8. The predicted molar refractivity (Wildman–Crippen MR) is 111 cm³/mol. The van der Waals surface area contributed by atoms with E-state index in [-0.39, 0.29) is 5.69 Å². The molecule has 0 atom stereocenters. The average molecular weight is 448 g/mol. The van der Waals surface area contributed by atoms with Gasteiger partial charge in [0.1, 0.15) is 12.2 Å². The number of anilines is 1. The molecule has 0 aliphatic heterocycles. The van der Waals surface area contributed by atoms with E-state index in [1.54, 1.807) is 30.7 Å². The lowest BCUT2D eigenvalue weighted by molar-refractivity contribution is -0.424. The second kappa shape index (κ2) is 8.52. The molecule has 0 unspecified atom stereocenters. The number of halogens is 1. The van der Waals surface area contributed by atoms with Gasteiger partial charge < -0.3 is 15.4 Å². The number of nitrogens with zero attached hydrogens (tertiary/aromatic N) is 6. The number of amides is 1. The predicted octanol–water partition coefficient (Wildman–Crippen LogP) is 3.16. The standard InChI is InChI=1S/C18H18ClN7O5/c1-10-16(11(2)23(21-10)8-13-4-6-14(19)7-5-13)20-15(27)9-24-12(3)17(25(28)29)18(22-24)26(30)31/h4-7H,8-9H2,1-3H3,(H,20,27). The van der Waals surface area contributed by atoms with Crippen molar-refractivity contribution in [1.82, 2.24) is 19.6 Å². The number of hydrogen-bond acceptors (Lipinski definition) is 7. The van der Waals surface area contributed by atoms with Crippen LogP contribution in [0.1, 0.15) is 22.6 Å². The fourth-order valence-electron chi connectivity index (χ4n) is 3.12. The molecule has 162 valence electrons. The number of aryl methyl sites for hydroxylation is 1. The van der Waals surface area contributed by atoms with Gasteiger partial charge in [-0.15, -0.1) is 0 Å². The Labute approximate surface area is 180 Å². The smallest absolute Gasteiger partial charge is 0.358 e. The Hall–Kier alpha value is -3.80. The van der Waals surface area contributed by atoms with Crippen molar-refractivity contribution in [2.24, 2.45) is 0 Å². The maximum Gasteiger partial charge on any atom is 0.468 e. The van der Waals surface area contributed by atoms with Crippen molar-refractivity contribution in [2.45, 2.75) is 33.9 Å². The minimum Gasteiger partial charge on any atom is -0.358 e. The van der Waals surface area contributed by atoms with Crippen molar-refractivity contribution in [2.75, 3.05) is 5.32 Å². The SMILES string of the molecule is Cc1nn(Cc2ccc(Cl)cc2)c(C)c1NC(=O)Cn1nc([N+](=O)[O-])c([N+](=O)[O-])c1C. The van der Waals surface area contributed by atoms with Gasteiger partial charge in [0.15, 0.2) is 0 Å². The van der Waals surface area contributed by atoms with Gasteiger partial charge in [0.25, 0.3) is 0 Å². The largest absolute Gasteiger partial charge is 0.468 e. The van der Waals surface area contributed by atoms with Crippen LogP contribution < -0.4 is 5.32 Å². The fraction of sp³-hybridized carbons (Fsp3) is 0.278. The summed E-state index contributed by atoms with van der Waals surface area (Å²) in [6.45, 7) is 4.86. The van der Waals surface area contributed by atoms with Gasteiger partial charge in [-0.25, -0.2) is 0 Å². The number of nitrogens with one attached hydrogen (secondary N) is 1. The van der Waals surface area contributed by atoms with Crippen LogP contribution >= 0.6 is 11.6 Å². The summed E-state index contributed by atoms with van der Waals surface area (Å²) in [5, 5.41) is 33.5. The van der Waals surface area contributed by atoms with Crippen LogP contribution in [0.15, 0.2) is 24.3 Å². The molecular weight excluding hydrogens is 430 g/mol. The molecule has 12 nitrogen and oxygen atoms in total. The second-order valence-electron chi connectivity index (χ2n) is 6.81. The zero-order valence-corrected chi connectivity index (χ0v) is 17.6. The molecule has 2 aromatic heterocycles. The maximum atomic E-state index is 12.5. The van der Waals surface area contributed by atoms with Crippen LogP contribution in [-0.2, 0) is 17.9 Å². The summed E-state index contributed by atoms with van der Waals surface area (Å²) in [6, 6.07) is 7.29. The van der Waals surface area contributed by atoms with Crippen molar-refractivity contribution in [3.8, 4) is 0 Å². The molecule has 0 saturated heterocycles. The van der Waals surface area contributed by atoms with Crippen LogP contribution in [0.2, 0.25) is 5.02 Å². The van der Waals surface area contributed by atoms with Crippen LogP contribution in [0.25, 0.3) is 0 Å². The van der Waals surface area contributed by atoms with E-state index in [4.69, 9.17) is 11.6 Å². The molecule has 0 aliphatic rings. The van der Waals surface area contributed by atoms with E-state index in [1.807, 2.05) is 12.1 Å². The van der Waals surface area contributed by atoms with Gasteiger partial charge in [-0.2, -0.15) is 9.78 Å². The molecule has 0 spiro atoms. The molecular formula is C18H18ClN7O5. The summed E-state index contributed by atoms with van der Waals surface area (Å²) in [7, 11) is 0. The van der Waals surface area contributed by atoms with Gasteiger partial charge in [-0.1, -0.05) is 23.7 Å². The molecule has 0 saturated carbocycles. The lowest BCUT2D eigenvalue weighted by Gasteiger charge is -2.07. The first-order chi connectivity index (χ1) is 14.6. The molecule has 1 amide bonds. The first kappa shape index (κ1) is 21.9. The molecule has 31 heavy (non-hydrogen) atoms. The van der Waals surface area contributed by atoms with Crippen LogP contribution in [0.4, 0.5) is 17.2 Å². The van der Waals surface area contributed by atoms with E-state index < -0.39 is 33.8 Å². The first-order valence-electron chi connectivity index (χ1n) is 9.03. The zero-order chi connectivity index (χ0) is 22.9. The Morgan fingerprint density at radius 3 is 2.23 bits per heavy atom. The van der Waals surface area contributed by atoms with Gasteiger partial charge in [0.05, 0.1) is 33.6 Å². The molecule has 1 aromatic carbocycles. The average Bonchev–Trinajstić information content (AvgIpc) is 3.15. The molecule has 3 aromatic rings. The second-order valence-corrected chi connectivity index (χ2v) is 7.24. The van der Waals surface area contributed by atoms with Gasteiger partial charge in [0.2, 0.25) is 5.91 Å². The van der Waals surface area contributed by atoms with Crippen molar-refractivity contribution in [3.05, 3.63) is 72.2 Å². The minimum absolute atomic E-state index is 0.0845. The highest BCUT2D eigenvalue weighted by Gasteiger charge is 2.35. The third kappa shape index (κ3) is 4.53. The lowest BCUT2D eigenvalue weighted by Crippen LogP contribution is -2.21. The van der Waals surface area contributed by atoms with Crippen molar-refractivity contribution < 1.29 is 14.6 Å². The van der Waals surface area contributed by atoms with E-state index in [0.717, 1.165) is 10.2 Å². The number of aromatic nitrogens is 4. The van der Waals surface area contributed by atoms with E-state index in [1.165, 1.54) is 6.92 Å². The van der Waals surface area contributed by atoms with Crippen LogP contribution in [0.3, 0.4) is 0 Å². The quantitative estimate of drug-likeness (QED) is 0.431. The number of carbonyl (C=O) groups excluding carboxylic acids is 1. The summed E-state index contributed by atoms with van der Waals surface area (Å²) in [6.07, 6.45) is 0. The van der Waals surface area contributed by atoms with E-state index >= 15 is 0 Å². The summed E-state index contributed by atoms with van der Waals surface area (Å²) in [4.78, 5) is 32.9. The lowest BCUT2D eigenvalue weighted by atomic mass is 10.2. The Balaban J connectivity index is 1.79. The highest BCUT2D eigenvalue weighted by atomic mass is 35.5. The highest BCUT2D eigenvalue weighted by Crippen LogP contribution is 2.29. The van der Waals surface area contributed by atoms with Gasteiger partial charge >= 0.3 is 11.5 Å². The monoisotopic (exact) mass is 447 g/mol. The number of hydrogen-bond donors (Lipinski definition) is 1. The van der Waals surface area contributed by atoms with Crippen LogP contribution in [-0.4, -0.2) is 35.3 Å². The van der Waals surface area contributed by atoms with Crippen LogP contribution in [0.5, 0.6) is 0 Å². The maximum absolute atomic E-state index is 12.5. The zero-order valence-electron chi connectivity index (χ0n) is 16.8. The Morgan fingerprint density at radius 2 is 1.68 bits per heavy atom. The van der Waals surface area contributed by atoms with Crippen molar-refractivity contribution >= 4 is 34.7 Å². The summed E-state index contributed by atoms with van der Waals surface area (Å²) < 4.78 is 2.66. The topological polar surface area (TPSA) is 151 Å². The summed E-state index contributed by atoms with van der Waals surface area (Å²) in [5.41, 5.74) is 1.93. The summed E-state index contributed by atoms with van der Waals surface area (Å²) >= 11 is 5.90. The summed E-state index contributed by atoms with van der Waals surface area (Å²) in [5.74, 6) is -1.45. The van der Waals surface area contributed by atoms with E-state index in [0.29, 0.717) is 28.6 Å². The van der Waals surface area contributed by atoms with Gasteiger partial charge in [0, 0.05) is 5.02 Å². The van der Waals surface area contributed by atoms with Crippen molar-refractivity contribution in [3.63, 3.8) is 0 Å². The fourth-order valence-corrected chi connectivity index (χ4v) is 3.25. The third-order valence-electron chi connectivity index (χ3n) is 4.70. The molecule has 3 rings (SSSR count). The third-order valence-corrected chi connectivity index (χ3v) is 4.95. The minimum atomic E-state index is -0.950. The highest BCUT2D eigenvalue weighted by molar-refractivity contribution is 6.30. The first-order valence-corrected chi connectivity index (χ1v) is 9.40. The molecule has 0 fully saturated rings. The Morgan fingerprint density at radius 1 is 1.03 bits per heavy atom.